The largest absolute Gasteiger partial charge is 0.486 e. The van der Waals surface area contributed by atoms with Gasteiger partial charge >= 0.3 is 0 Å². The Labute approximate surface area is 211 Å². The number of likely N-dealkylation sites (tertiary alicyclic amines) is 1. The van der Waals surface area contributed by atoms with Gasteiger partial charge in [0.25, 0.3) is 0 Å². The van der Waals surface area contributed by atoms with Crippen molar-refractivity contribution in [3.8, 4) is 17.0 Å². The minimum absolute atomic E-state index is 0.0790. The Balaban J connectivity index is 1.36. The molecule has 0 saturated carbocycles. The highest BCUT2D eigenvalue weighted by molar-refractivity contribution is 5.72. The molecule has 0 bridgehead atoms. The Morgan fingerprint density at radius 3 is 2.53 bits per heavy atom. The first kappa shape index (κ1) is 24.6. The maximum Gasteiger partial charge on any atom is 0.178 e. The van der Waals surface area contributed by atoms with Crippen LogP contribution in [0.2, 0.25) is 0 Å². The standard InChI is InChI=1S/C28H33F2N5O/c1-4-34-9-7-19(8-10-34)20-5-6-22(31-16-20)15-26-32-17-24(30)27(33-26)21-13-23(29)28-25(14-21)35(18(2)3)11-12-36-28/h5-6,13-14,16-19H,4,7-12,15H2,1-3H3. The molecule has 0 unspecified atom stereocenters. The molecule has 4 heterocycles. The molecule has 2 aromatic heterocycles. The van der Waals surface area contributed by atoms with Crippen molar-refractivity contribution in [3.63, 3.8) is 0 Å². The van der Waals surface area contributed by atoms with Crippen molar-refractivity contribution in [2.75, 3.05) is 37.7 Å². The third-order valence-corrected chi connectivity index (χ3v) is 7.30. The summed E-state index contributed by atoms with van der Waals surface area (Å²) in [6.45, 7) is 10.7. The van der Waals surface area contributed by atoms with Crippen molar-refractivity contribution in [2.45, 2.75) is 52.0 Å². The van der Waals surface area contributed by atoms with Gasteiger partial charge in [-0.1, -0.05) is 13.0 Å². The van der Waals surface area contributed by atoms with Gasteiger partial charge in [-0.2, -0.15) is 0 Å². The van der Waals surface area contributed by atoms with E-state index in [-0.39, 0.29) is 17.5 Å². The highest BCUT2D eigenvalue weighted by atomic mass is 19.1. The average molecular weight is 494 g/mol. The molecule has 6 nitrogen and oxygen atoms in total. The predicted octanol–water partition coefficient (Wildman–Crippen LogP) is 5.21. The molecule has 36 heavy (non-hydrogen) atoms. The molecular weight excluding hydrogens is 460 g/mol. The minimum Gasteiger partial charge on any atom is -0.486 e. The first-order valence-corrected chi connectivity index (χ1v) is 12.8. The molecule has 1 saturated heterocycles. The van der Waals surface area contributed by atoms with Gasteiger partial charge in [0.1, 0.15) is 18.1 Å². The zero-order valence-electron chi connectivity index (χ0n) is 21.2. The van der Waals surface area contributed by atoms with E-state index in [9.17, 15) is 8.78 Å². The number of benzene rings is 1. The summed E-state index contributed by atoms with van der Waals surface area (Å²) < 4.78 is 35.3. The number of anilines is 1. The molecule has 0 amide bonds. The number of hydrogen-bond donors (Lipinski definition) is 0. The summed E-state index contributed by atoms with van der Waals surface area (Å²) in [4.78, 5) is 17.8. The number of pyridine rings is 1. The van der Waals surface area contributed by atoms with Crippen LogP contribution in [0.15, 0.2) is 36.7 Å². The van der Waals surface area contributed by atoms with E-state index in [0.717, 1.165) is 44.4 Å². The van der Waals surface area contributed by atoms with Crippen LogP contribution in [0, 0.1) is 11.6 Å². The maximum absolute atomic E-state index is 14.9. The zero-order valence-corrected chi connectivity index (χ0v) is 21.2. The highest BCUT2D eigenvalue weighted by Crippen LogP contribution is 2.39. The van der Waals surface area contributed by atoms with Crippen molar-refractivity contribution in [1.29, 1.82) is 0 Å². The third-order valence-electron chi connectivity index (χ3n) is 7.30. The van der Waals surface area contributed by atoms with E-state index in [1.54, 1.807) is 6.07 Å². The summed E-state index contributed by atoms with van der Waals surface area (Å²) in [6, 6.07) is 7.34. The van der Waals surface area contributed by atoms with Gasteiger partial charge in [-0.05, 0) is 76.0 Å². The van der Waals surface area contributed by atoms with E-state index >= 15 is 0 Å². The van der Waals surface area contributed by atoms with Gasteiger partial charge in [0.15, 0.2) is 17.4 Å². The molecule has 0 spiro atoms. The zero-order chi connectivity index (χ0) is 25.2. The Bertz CT molecular complexity index is 1210. The second-order valence-electron chi connectivity index (χ2n) is 9.89. The van der Waals surface area contributed by atoms with Crippen LogP contribution in [-0.2, 0) is 6.42 Å². The summed E-state index contributed by atoms with van der Waals surface area (Å²) in [5.41, 5.74) is 3.14. The van der Waals surface area contributed by atoms with Crippen LogP contribution in [0.3, 0.4) is 0 Å². The Hall–Kier alpha value is -3.13. The summed E-state index contributed by atoms with van der Waals surface area (Å²) in [7, 11) is 0. The number of piperidine rings is 1. The molecule has 5 rings (SSSR count). The topological polar surface area (TPSA) is 54.4 Å². The van der Waals surface area contributed by atoms with Gasteiger partial charge in [0.05, 0.1) is 24.8 Å². The van der Waals surface area contributed by atoms with Gasteiger partial charge in [-0.15, -0.1) is 0 Å². The maximum atomic E-state index is 14.9. The normalized spacial score (nSPS) is 16.8. The lowest BCUT2D eigenvalue weighted by atomic mass is 9.90. The van der Waals surface area contributed by atoms with Crippen LogP contribution < -0.4 is 9.64 Å². The van der Waals surface area contributed by atoms with E-state index in [4.69, 9.17) is 4.74 Å². The Kier molecular flexibility index (Phi) is 7.14. The predicted molar refractivity (Wildman–Crippen MR) is 136 cm³/mol. The summed E-state index contributed by atoms with van der Waals surface area (Å²) in [6.07, 6.45) is 5.77. The lowest BCUT2D eigenvalue weighted by Crippen LogP contribution is -2.38. The van der Waals surface area contributed by atoms with Crippen LogP contribution in [0.1, 0.15) is 56.6 Å². The van der Waals surface area contributed by atoms with E-state index in [1.807, 2.05) is 26.1 Å². The molecule has 2 aliphatic heterocycles. The molecular formula is C28H33F2N5O. The molecule has 8 heteroatoms. The number of aromatic nitrogens is 3. The van der Waals surface area contributed by atoms with E-state index in [1.165, 1.54) is 11.6 Å². The third kappa shape index (κ3) is 5.05. The molecule has 190 valence electrons. The van der Waals surface area contributed by atoms with Crippen LogP contribution in [0.5, 0.6) is 5.75 Å². The molecule has 1 fully saturated rings. The number of halogens is 2. The fraction of sp³-hybridized carbons (Fsp3) is 0.464. The van der Waals surface area contributed by atoms with E-state index < -0.39 is 11.6 Å². The van der Waals surface area contributed by atoms with Crippen molar-refractivity contribution in [3.05, 3.63) is 65.4 Å². The number of rotatable bonds is 6. The number of ether oxygens (including phenoxy) is 1. The van der Waals surface area contributed by atoms with E-state index in [0.29, 0.717) is 42.6 Å². The first-order chi connectivity index (χ1) is 17.4. The second kappa shape index (κ2) is 10.5. The van der Waals surface area contributed by atoms with Gasteiger partial charge in [0.2, 0.25) is 0 Å². The lowest BCUT2D eigenvalue weighted by Gasteiger charge is -2.34. The fourth-order valence-electron chi connectivity index (χ4n) is 5.19. The quantitative estimate of drug-likeness (QED) is 0.470. The van der Waals surface area contributed by atoms with Crippen LogP contribution in [-0.4, -0.2) is 58.7 Å². The van der Waals surface area contributed by atoms with Crippen LogP contribution in [0.4, 0.5) is 14.5 Å². The molecule has 0 N–H and O–H groups in total. The van der Waals surface area contributed by atoms with Crippen molar-refractivity contribution >= 4 is 5.69 Å². The van der Waals surface area contributed by atoms with Gasteiger partial charge in [0, 0.05) is 23.5 Å². The van der Waals surface area contributed by atoms with Crippen molar-refractivity contribution in [2.24, 2.45) is 0 Å². The fourth-order valence-corrected chi connectivity index (χ4v) is 5.19. The molecule has 1 aromatic carbocycles. The average Bonchev–Trinajstić information content (AvgIpc) is 2.90. The van der Waals surface area contributed by atoms with Crippen LogP contribution in [0.25, 0.3) is 11.3 Å². The highest BCUT2D eigenvalue weighted by Gasteiger charge is 2.26. The van der Waals surface area contributed by atoms with Crippen molar-refractivity contribution in [1.82, 2.24) is 19.9 Å². The smallest absolute Gasteiger partial charge is 0.178 e. The second-order valence-corrected chi connectivity index (χ2v) is 9.89. The van der Waals surface area contributed by atoms with Gasteiger partial charge in [-0.3, -0.25) is 4.98 Å². The molecule has 2 aliphatic rings. The summed E-state index contributed by atoms with van der Waals surface area (Å²) in [5.74, 6) is 0.0782. The summed E-state index contributed by atoms with van der Waals surface area (Å²) >= 11 is 0. The number of hydrogen-bond acceptors (Lipinski definition) is 6. The summed E-state index contributed by atoms with van der Waals surface area (Å²) in [5, 5.41) is 0. The molecule has 0 atom stereocenters. The minimum atomic E-state index is -0.590. The molecule has 3 aromatic rings. The Morgan fingerprint density at radius 2 is 1.83 bits per heavy atom. The number of nitrogens with zero attached hydrogens (tertiary/aromatic N) is 5. The van der Waals surface area contributed by atoms with Gasteiger partial charge < -0.3 is 14.5 Å². The van der Waals surface area contributed by atoms with Gasteiger partial charge in [-0.25, -0.2) is 18.7 Å². The van der Waals surface area contributed by atoms with Crippen LogP contribution >= 0.6 is 0 Å². The lowest BCUT2D eigenvalue weighted by molar-refractivity contribution is 0.222. The first-order valence-electron chi connectivity index (χ1n) is 12.8. The van der Waals surface area contributed by atoms with Crippen molar-refractivity contribution < 1.29 is 13.5 Å². The molecule has 0 aliphatic carbocycles. The van der Waals surface area contributed by atoms with E-state index in [2.05, 4.69) is 37.7 Å². The monoisotopic (exact) mass is 493 g/mol. The Morgan fingerprint density at radius 1 is 1.03 bits per heavy atom. The SMILES string of the molecule is CCN1CCC(c2ccc(Cc3ncc(F)c(-c4cc(F)c5c(c4)N(C(C)C)CCO5)n3)nc2)CC1. The molecule has 0 radical (unpaired) electrons. The number of fused-ring (bicyclic) bond motifs is 1.